The molecule has 0 spiro atoms. The second kappa shape index (κ2) is 59.4. The van der Waals surface area contributed by atoms with Crippen molar-refractivity contribution in [3.05, 3.63) is 72.9 Å². The number of unbranched alkanes of at least 4 members (excludes halogenated alkanes) is 32. The highest BCUT2D eigenvalue weighted by Crippen LogP contribution is 2.16. The maximum absolute atomic E-state index is 12.9. The average Bonchev–Trinajstić information content (AvgIpc) is 3.37. The molecular weight excluding hydrogens is 877 g/mol. The van der Waals surface area contributed by atoms with Crippen LogP contribution in [0.4, 0.5) is 0 Å². The van der Waals surface area contributed by atoms with E-state index < -0.39 is 6.10 Å². The van der Waals surface area contributed by atoms with Gasteiger partial charge in [-0.15, -0.1) is 0 Å². The van der Waals surface area contributed by atoms with Crippen LogP contribution >= 0.6 is 0 Å². The Morgan fingerprint density at radius 1 is 0.296 bits per heavy atom. The molecule has 6 heteroatoms. The molecule has 0 aromatic carbocycles. The van der Waals surface area contributed by atoms with Crippen molar-refractivity contribution < 1.29 is 28.6 Å². The molecule has 0 N–H and O–H groups in total. The quantitative estimate of drug-likeness (QED) is 0.0261. The molecule has 71 heavy (non-hydrogen) atoms. The van der Waals surface area contributed by atoms with Crippen molar-refractivity contribution in [1.82, 2.24) is 0 Å². The number of hydrogen-bond acceptors (Lipinski definition) is 6. The summed E-state index contributed by atoms with van der Waals surface area (Å²) in [6.07, 6.45) is 76.2. The van der Waals surface area contributed by atoms with E-state index in [9.17, 15) is 14.4 Å². The van der Waals surface area contributed by atoms with Crippen molar-refractivity contribution in [3.63, 3.8) is 0 Å². The van der Waals surface area contributed by atoms with Gasteiger partial charge in [-0.05, 0) is 109 Å². The number of ether oxygens (including phenoxy) is 3. The Morgan fingerprint density at radius 2 is 0.549 bits per heavy atom. The van der Waals surface area contributed by atoms with Gasteiger partial charge in [0.25, 0.3) is 0 Å². The molecule has 0 aliphatic heterocycles. The summed E-state index contributed by atoms with van der Waals surface area (Å²) in [7, 11) is 0. The topological polar surface area (TPSA) is 78.9 Å². The second-order valence-electron chi connectivity index (χ2n) is 20.2. The third-order valence-electron chi connectivity index (χ3n) is 13.2. The number of esters is 3. The van der Waals surface area contributed by atoms with Gasteiger partial charge in [0.1, 0.15) is 13.2 Å². The number of carbonyl (C=O) groups is 3. The van der Waals surface area contributed by atoms with E-state index in [-0.39, 0.29) is 31.1 Å². The zero-order valence-corrected chi connectivity index (χ0v) is 47.0. The van der Waals surface area contributed by atoms with E-state index in [4.69, 9.17) is 14.2 Å². The van der Waals surface area contributed by atoms with Crippen LogP contribution in [-0.2, 0) is 28.6 Å². The van der Waals surface area contributed by atoms with Crippen LogP contribution in [0.1, 0.15) is 303 Å². The van der Waals surface area contributed by atoms with Crippen molar-refractivity contribution in [3.8, 4) is 0 Å². The van der Waals surface area contributed by atoms with Gasteiger partial charge in [0.2, 0.25) is 0 Å². The highest BCUT2D eigenvalue weighted by Gasteiger charge is 2.19. The summed E-state index contributed by atoms with van der Waals surface area (Å²) in [5.74, 6) is -0.917. The number of hydrogen-bond donors (Lipinski definition) is 0. The zero-order valence-electron chi connectivity index (χ0n) is 47.0. The minimum atomic E-state index is -0.792. The van der Waals surface area contributed by atoms with Crippen LogP contribution in [0.2, 0.25) is 0 Å². The van der Waals surface area contributed by atoms with E-state index in [2.05, 4.69) is 93.7 Å². The Bertz CT molecular complexity index is 1320. The van der Waals surface area contributed by atoms with Crippen LogP contribution in [-0.4, -0.2) is 37.2 Å². The number of rotatable bonds is 55. The first kappa shape index (κ1) is 67.8. The molecule has 0 rings (SSSR count). The minimum Gasteiger partial charge on any atom is -0.462 e. The molecule has 0 aliphatic carbocycles. The minimum absolute atomic E-state index is 0.0875. The highest BCUT2D eigenvalue weighted by atomic mass is 16.6. The second-order valence-corrected chi connectivity index (χ2v) is 20.2. The van der Waals surface area contributed by atoms with E-state index in [1.165, 1.54) is 167 Å². The van der Waals surface area contributed by atoms with Gasteiger partial charge >= 0.3 is 17.9 Å². The fourth-order valence-electron chi connectivity index (χ4n) is 8.60. The summed E-state index contributed by atoms with van der Waals surface area (Å²) in [5, 5.41) is 0. The molecule has 0 aromatic heterocycles. The van der Waals surface area contributed by atoms with Crippen LogP contribution in [0.15, 0.2) is 72.9 Å². The predicted octanol–water partition coefficient (Wildman–Crippen LogP) is 20.5. The fourth-order valence-corrected chi connectivity index (χ4v) is 8.60. The Kier molecular flexibility index (Phi) is 56.8. The first-order valence-corrected chi connectivity index (χ1v) is 30.4. The van der Waals surface area contributed by atoms with Crippen LogP contribution in [0.5, 0.6) is 0 Å². The first-order chi connectivity index (χ1) is 35.0. The van der Waals surface area contributed by atoms with Gasteiger partial charge in [0, 0.05) is 19.3 Å². The molecule has 6 nitrogen and oxygen atoms in total. The van der Waals surface area contributed by atoms with E-state index >= 15 is 0 Å². The Hall–Kier alpha value is -3.15. The molecule has 0 bridgehead atoms. The van der Waals surface area contributed by atoms with E-state index in [1.807, 2.05) is 0 Å². The van der Waals surface area contributed by atoms with Gasteiger partial charge in [0.05, 0.1) is 0 Å². The van der Waals surface area contributed by atoms with Crippen molar-refractivity contribution in [2.75, 3.05) is 13.2 Å². The molecular formula is C65H114O6. The largest absolute Gasteiger partial charge is 0.462 e. The standard InChI is InChI=1S/C65H114O6/c1-4-7-10-13-16-19-22-25-27-29-30-31-32-33-34-36-37-40-43-46-49-52-55-58-64(67)70-61-62(60-69-63(66)57-54-51-48-45-42-39-24-21-18-15-12-9-6-3)71-65(68)59-56-53-50-47-44-41-38-35-28-26-23-20-17-14-11-8-5-2/h9,12,17-18,20-21,26,28-30,39,42,62H,4-8,10-11,13-16,19,22-25,27,31-38,40-41,43-61H2,1-3H3/b12-9-,20-17-,21-18-,28-26-,30-29-,42-39-. The molecule has 0 aliphatic rings. The smallest absolute Gasteiger partial charge is 0.306 e. The summed E-state index contributed by atoms with van der Waals surface area (Å²) < 4.78 is 16.9. The summed E-state index contributed by atoms with van der Waals surface area (Å²) in [6.45, 7) is 6.49. The van der Waals surface area contributed by atoms with Gasteiger partial charge in [-0.3, -0.25) is 14.4 Å². The lowest BCUT2D eigenvalue weighted by Gasteiger charge is -2.18. The van der Waals surface area contributed by atoms with Gasteiger partial charge < -0.3 is 14.2 Å². The lowest BCUT2D eigenvalue weighted by Crippen LogP contribution is -2.30. The third-order valence-corrected chi connectivity index (χ3v) is 13.2. The van der Waals surface area contributed by atoms with Crippen LogP contribution in [0, 0.1) is 0 Å². The van der Waals surface area contributed by atoms with Crippen LogP contribution in [0.3, 0.4) is 0 Å². The third kappa shape index (κ3) is 57.6. The Labute approximate surface area is 440 Å². The lowest BCUT2D eigenvalue weighted by molar-refractivity contribution is -0.167. The normalized spacial score (nSPS) is 12.5. The van der Waals surface area contributed by atoms with Crippen LogP contribution < -0.4 is 0 Å². The van der Waals surface area contributed by atoms with Crippen LogP contribution in [0.25, 0.3) is 0 Å². The summed E-state index contributed by atoms with van der Waals surface area (Å²) in [6, 6.07) is 0. The molecule has 410 valence electrons. The Morgan fingerprint density at radius 3 is 0.915 bits per heavy atom. The number of allylic oxidation sites excluding steroid dienone is 12. The van der Waals surface area contributed by atoms with Gasteiger partial charge in [-0.1, -0.05) is 248 Å². The van der Waals surface area contributed by atoms with Gasteiger partial charge in [-0.2, -0.15) is 0 Å². The summed E-state index contributed by atoms with van der Waals surface area (Å²) in [5.41, 5.74) is 0. The number of carbonyl (C=O) groups excluding carboxylic acids is 3. The van der Waals surface area contributed by atoms with Crippen molar-refractivity contribution >= 4 is 17.9 Å². The van der Waals surface area contributed by atoms with Crippen molar-refractivity contribution in [2.24, 2.45) is 0 Å². The molecule has 0 fully saturated rings. The monoisotopic (exact) mass is 991 g/mol. The molecule has 0 heterocycles. The maximum Gasteiger partial charge on any atom is 0.306 e. The van der Waals surface area contributed by atoms with E-state index in [0.717, 1.165) is 96.3 Å². The fraction of sp³-hybridized carbons (Fsp3) is 0.769. The lowest BCUT2D eigenvalue weighted by atomic mass is 10.0. The first-order valence-electron chi connectivity index (χ1n) is 30.4. The predicted molar refractivity (Wildman–Crippen MR) is 307 cm³/mol. The zero-order chi connectivity index (χ0) is 51.4. The van der Waals surface area contributed by atoms with E-state index in [0.29, 0.717) is 19.3 Å². The van der Waals surface area contributed by atoms with Crippen molar-refractivity contribution in [1.29, 1.82) is 0 Å². The summed E-state index contributed by atoms with van der Waals surface area (Å²) >= 11 is 0. The maximum atomic E-state index is 12.9. The molecule has 1 atom stereocenters. The van der Waals surface area contributed by atoms with Gasteiger partial charge in [0.15, 0.2) is 6.10 Å². The molecule has 0 saturated heterocycles. The summed E-state index contributed by atoms with van der Waals surface area (Å²) in [4.78, 5) is 38.2. The molecule has 0 amide bonds. The SMILES string of the molecule is CC/C=C\C/C=C\C/C=C\CCCCCC(=O)OCC(COC(=O)CCCCCCCCCCCCC/C=C\CCCCCCCCCC)OC(=O)CCCCCCCCC/C=C\C/C=C\CCCCC. The van der Waals surface area contributed by atoms with E-state index in [1.54, 1.807) is 0 Å². The highest BCUT2D eigenvalue weighted by molar-refractivity contribution is 5.71. The molecule has 1 unspecified atom stereocenters. The molecule has 0 saturated carbocycles. The Balaban J connectivity index is 4.33. The molecule has 0 aromatic rings. The van der Waals surface area contributed by atoms with Gasteiger partial charge in [-0.25, -0.2) is 0 Å². The average molecular weight is 992 g/mol. The molecule has 0 radical (unpaired) electrons. The van der Waals surface area contributed by atoms with Crippen molar-refractivity contribution in [2.45, 2.75) is 309 Å².